The van der Waals surface area contributed by atoms with Crippen molar-refractivity contribution in [2.75, 3.05) is 19.8 Å². The van der Waals surface area contributed by atoms with Crippen molar-refractivity contribution in [2.45, 2.75) is 25.2 Å². The minimum absolute atomic E-state index is 0.295. The molecule has 0 amide bonds. The maximum Gasteiger partial charge on any atom is 0.216 e. The smallest absolute Gasteiger partial charge is 0.216 e. The first kappa shape index (κ1) is 6.58. The number of hydrogen-bond acceptors (Lipinski definition) is 3. The number of ether oxygens (including phenoxy) is 3. The predicted molar refractivity (Wildman–Crippen MR) is 34.7 cm³/mol. The van der Waals surface area contributed by atoms with Crippen molar-refractivity contribution in [3.05, 3.63) is 0 Å². The molecule has 0 aromatic heterocycles. The second-order valence-corrected chi connectivity index (χ2v) is 2.86. The molecule has 0 N–H and O–H groups in total. The van der Waals surface area contributed by atoms with Gasteiger partial charge in [0.2, 0.25) is 5.79 Å². The van der Waals surface area contributed by atoms with E-state index in [0.717, 1.165) is 13.0 Å². The van der Waals surface area contributed by atoms with Crippen LogP contribution < -0.4 is 0 Å². The SMILES string of the molecule is CCC1COC2(COC2)O1. The summed E-state index contributed by atoms with van der Waals surface area (Å²) in [6.07, 6.45) is 1.32. The van der Waals surface area contributed by atoms with E-state index in [1.54, 1.807) is 0 Å². The van der Waals surface area contributed by atoms with E-state index in [1.165, 1.54) is 0 Å². The van der Waals surface area contributed by atoms with Crippen LogP contribution in [0.1, 0.15) is 13.3 Å². The number of rotatable bonds is 1. The monoisotopic (exact) mass is 144 g/mol. The Balaban J connectivity index is 1.92. The third-order valence-corrected chi connectivity index (χ3v) is 2.01. The van der Waals surface area contributed by atoms with Crippen molar-refractivity contribution in [2.24, 2.45) is 0 Å². The van der Waals surface area contributed by atoms with E-state index < -0.39 is 0 Å². The lowest BCUT2D eigenvalue weighted by Crippen LogP contribution is -2.50. The summed E-state index contributed by atoms with van der Waals surface area (Å²) in [4.78, 5) is 0. The topological polar surface area (TPSA) is 27.7 Å². The maximum absolute atomic E-state index is 5.59. The molecule has 3 nitrogen and oxygen atoms in total. The van der Waals surface area contributed by atoms with Crippen LogP contribution in [0.2, 0.25) is 0 Å². The molecule has 1 atom stereocenters. The Kier molecular flexibility index (Phi) is 1.44. The molecule has 0 aromatic rings. The highest BCUT2D eigenvalue weighted by Gasteiger charge is 2.47. The van der Waals surface area contributed by atoms with Crippen molar-refractivity contribution in [1.29, 1.82) is 0 Å². The molecule has 1 spiro atoms. The predicted octanol–water partition coefficient (Wildman–Crippen LogP) is 0.538. The van der Waals surface area contributed by atoms with Crippen LogP contribution in [0.5, 0.6) is 0 Å². The molecular formula is C7H12O3. The van der Waals surface area contributed by atoms with Gasteiger partial charge in [0.15, 0.2) is 0 Å². The van der Waals surface area contributed by atoms with E-state index in [-0.39, 0.29) is 5.79 Å². The summed E-state index contributed by atoms with van der Waals surface area (Å²) in [5.74, 6) is -0.333. The van der Waals surface area contributed by atoms with Crippen LogP contribution >= 0.6 is 0 Å². The molecule has 2 heterocycles. The summed E-state index contributed by atoms with van der Waals surface area (Å²) >= 11 is 0. The largest absolute Gasteiger partial charge is 0.370 e. The number of hydrogen-bond donors (Lipinski definition) is 0. The Bertz CT molecular complexity index is 131. The summed E-state index contributed by atoms with van der Waals surface area (Å²) < 4.78 is 16.0. The van der Waals surface area contributed by atoms with E-state index in [9.17, 15) is 0 Å². The van der Waals surface area contributed by atoms with Gasteiger partial charge in [-0.3, -0.25) is 0 Å². The van der Waals surface area contributed by atoms with Gasteiger partial charge in [0, 0.05) is 0 Å². The summed E-state index contributed by atoms with van der Waals surface area (Å²) in [6.45, 7) is 4.07. The van der Waals surface area contributed by atoms with Crippen LogP contribution in [0.15, 0.2) is 0 Å². The quantitative estimate of drug-likeness (QED) is 0.537. The van der Waals surface area contributed by atoms with Gasteiger partial charge in [-0.1, -0.05) is 6.92 Å². The molecule has 0 bridgehead atoms. The molecule has 2 aliphatic heterocycles. The van der Waals surface area contributed by atoms with Gasteiger partial charge in [-0.2, -0.15) is 0 Å². The zero-order valence-electron chi connectivity index (χ0n) is 6.13. The lowest BCUT2D eigenvalue weighted by molar-refractivity contribution is -0.298. The summed E-state index contributed by atoms with van der Waals surface area (Å²) in [5.41, 5.74) is 0. The van der Waals surface area contributed by atoms with E-state index in [1.807, 2.05) is 0 Å². The summed E-state index contributed by atoms with van der Waals surface area (Å²) in [6, 6.07) is 0. The first-order valence-corrected chi connectivity index (χ1v) is 3.74. The van der Waals surface area contributed by atoms with Crippen LogP contribution in [-0.4, -0.2) is 31.7 Å². The fraction of sp³-hybridized carbons (Fsp3) is 1.00. The van der Waals surface area contributed by atoms with Gasteiger partial charge in [0.25, 0.3) is 0 Å². The van der Waals surface area contributed by atoms with Gasteiger partial charge >= 0.3 is 0 Å². The van der Waals surface area contributed by atoms with Crippen LogP contribution in [0, 0.1) is 0 Å². The van der Waals surface area contributed by atoms with Gasteiger partial charge in [0.05, 0.1) is 12.7 Å². The van der Waals surface area contributed by atoms with Crippen molar-refractivity contribution >= 4 is 0 Å². The molecule has 0 saturated carbocycles. The first-order valence-electron chi connectivity index (χ1n) is 3.74. The lowest BCUT2D eigenvalue weighted by Gasteiger charge is -2.35. The second-order valence-electron chi connectivity index (χ2n) is 2.86. The zero-order chi connectivity index (χ0) is 7.03. The molecule has 0 aromatic carbocycles. The van der Waals surface area contributed by atoms with Crippen LogP contribution in [0.3, 0.4) is 0 Å². The highest BCUT2D eigenvalue weighted by Crippen LogP contribution is 2.31. The average Bonchev–Trinajstić information content (AvgIpc) is 2.29. The summed E-state index contributed by atoms with van der Waals surface area (Å²) in [7, 11) is 0. The third-order valence-electron chi connectivity index (χ3n) is 2.01. The van der Waals surface area contributed by atoms with E-state index in [4.69, 9.17) is 14.2 Å². The first-order chi connectivity index (χ1) is 4.85. The molecule has 0 aliphatic carbocycles. The highest BCUT2D eigenvalue weighted by atomic mass is 16.8. The van der Waals surface area contributed by atoms with Gasteiger partial charge in [0.1, 0.15) is 13.2 Å². The minimum Gasteiger partial charge on any atom is -0.370 e. The Morgan fingerprint density at radius 2 is 2.30 bits per heavy atom. The molecule has 1 unspecified atom stereocenters. The fourth-order valence-corrected chi connectivity index (χ4v) is 1.24. The minimum atomic E-state index is -0.333. The van der Waals surface area contributed by atoms with Crippen molar-refractivity contribution in [1.82, 2.24) is 0 Å². The van der Waals surface area contributed by atoms with Crippen molar-refractivity contribution in [3.8, 4) is 0 Å². The van der Waals surface area contributed by atoms with Crippen LogP contribution in [-0.2, 0) is 14.2 Å². The van der Waals surface area contributed by atoms with Gasteiger partial charge in [-0.25, -0.2) is 0 Å². The van der Waals surface area contributed by atoms with Crippen molar-refractivity contribution < 1.29 is 14.2 Å². The lowest BCUT2D eigenvalue weighted by atomic mass is 10.2. The Morgan fingerprint density at radius 1 is 1.50 bits per heavy atom. The second kappa shape index (κ2) is 2.19. The van der Waals surface area contributed by atoms with Crippen LogP contribution in [0.25, 0.3) is 0 Å². The molecule has 3 heteroatoms. The normalized spacial score (nSPS) is 36.3. The third kappa shape index (κ3) is 0.856. The van der Waals surface area contributed by atoms with Crippen LogP contribution in [0.4, 0.5) is 0 Å². The Morgan fingerprint density at radius 3 is 2.60 bits per heavy atom. The molecule has 10 heavy (non-hydrogen) atoms. The molecule has 0 radical (unpaired) electrons. The van der Waals surface area contributed by atoms with Gasteiger partial charge in [-0.05, 0) is 6.42 Å². The maximum atomic E-state index is 5.59. The molecular weight excluding hydrogens is 132 g/mol. The molecule has 2 saturated heterocycles. The standard InChI is InChI=1S/C7H12O3/c1-2-6-3-9-7(10-6)4-8-5-7/h6H,2-5H2,1H3. The molecule has 2 aliphatic rings. The van der Waals surface area contributed by atoms with E-state index in [2.05, 4.69) is 6.92 Å². The summed E-state index contributed by atoms with van der Waals surface area (Å²) in [5, 5.41) is 0. The fourth-order valence-electron chi connectivity index (χ4n) is 1.24. The Hall–Kier alpha value is -0.120. The average molecular weight is 144 g/mol. The van der Waals surface area contributed by atoms with E-state index >= 15 is 0 Å². The van der Waals surface area contributed by atoms with Crippen molar-refractivity contribution in [3.63, 3.8) is 0 Å². The van der Waals surface area contributed by atoms with E-state index in [0.29, 0.717) is 19.3 Å². The highest BCUT2D eigenvalue weighted by molar-refractivity contribution is 4.83. The van der Waals surface area contributed by atoms with Gasteiger partial charge < -0.3 is 14.2 Å². The molecule has 2 rings (SSSR count). The zero-order valence-corrected chi connectivity index (χ0v) is 6.13. The molecule has 2 fully saturated rings. The molecule has 58 valence electrons. The Labute approximate surface area is 60.3 Å². The van der Waals surface area contributed by atoms with Gasteiger partial charge in [-0.15, -0.1) is 0 Å².